The maximum atomic E-state index is 7.06. The largest absolute Gasteiger partial charge is 0.455 e. The normalized spacial score (nSPS) is 14.5. The monoisotopic (exact) mass is 778 g/mol. The summed E-state index contributed by atoms with van der Waals surface area (Å²) in [6, 6.07) is 67.8. The van der Waals surface area contributed by atoms with Gasteiger partial charge in [0.2, 0.25) is 0 Å². The molecule has 1 nitrogen and oxygen atoms in total. The smallest absolute Gasteiger partial charge is 0.143 e. The highest BCUT2D eigenvalue weighted by Crippen LogP contribution is 2.58. The molecule has 13 rings (SSSR count). The van der Waals surface area contributed by atoms with E-state index < -0.39 is 0 Å². The average Bonchev–Trinajstić information content (AvgIpc) is 3.87. The van der Waals surface area contributed by atoms with Crippen molar-refractivity contribution in [1.29, 1.82) is 0 Å². The Balaban J connectivity index is 1.05. The molecule has 10 aromatic carbocycles. The topological polar surface area (TPSA) is 13.1 Å². The number of fused-ring (bicyclic) bond motifs is 13. The van der Waals surface area contributed by atoms with Crippen LogP contribution in [0.3, 0.4) is 0 Å². The van der Waals surface area contributed by atoms with Crippen LogP contribution in [0.25, 0.3) is 110 Å². The lowest BCUT2D eigenvalue weighted by molar-refractivity contribution is 0.650. The summed E-state index contributed by atoms with van der Waals surface area (Å²) in [6.07, 6.45) is 0. The van der Waals surface area contributed by atoms with E-state index in [1.807, 2.05) is 0 Å². The molecule has 0 bridgehead atoms. The van der Waals surface area contributed by atoms with Gasteiger partial charge in [0, 0.05) is 27.2 Å². The molecule has 0 spiro atoms. The number of furan rings is 1. The van der Waals surface area contributed by atoms with Gasteiger partial charge in [0.25, 0.3) is 0 Å². The van der Waals surface area contributed by atoms with Gasteiger partial charge in [-0.25, -0.2) is 0 Å². The molecular formula is C60H42O. The fourth-order valence-corrected chi connectivity index (χ4v) is 11.6. The Morgan fingerprint density at radius 2 is 0.918 bits per heavy atom. The third kappa shape index (κ3) is 4.61. The predicted octanol–water partition coefficient (Wildman–Crippen LogP) is 16.7. The standard InChI is InChI=1S/C60H42O/c1-59(2)50-30-27-37(55-57-47(40-20-14-15-25-49(40)60(57,3)4)34-48-56-39-19-9-8-16-35(39)28-31-52(56)61-58(48)55)32-46(50)41-29-26-38(33-51(41)59)54-44-23-12-10-21-42(44)53(36-17-6-5-7-18-36)43-22-11-13-24-45(43)54/h5-34H,1-4H3. The van der Waals surface area contributed by atoms with Crippen molar-refractivity contribution in [2.24, 2.45) is 0 Å². The molecule has 0 aliphatic heterocycles. The third-order valence-corrected chi connectivity index (χ3v) is 14.4. The molecule has 1 aromatic heterocycles. The van der Waals surface area contributed by atoms with Gasteiger partial charge in [0.05, 0.1) is 0 Å². The maximum absolute atomic E-state index is 7.06. The van der Waals surface area contributed by atoms with Crippen molar-refractivity contribution >= 4 is 54.3 Å². The summed E-state index contributed by atoms with van der Waals surface area (Å²) in [4.78, 5) is 0. The Hall–Kier alpha value is -7.22. The van der Waals surface area contributed by atoms with Crippen LogP contribution in [0.15, 0.2) is 186 Å². The molecule has 0 unspecified atom stereocenters. The number of hydrogen-bond acceptors (Lipinski definition) is 1. The molecule has 1 heteroatoms. The quantitative estimate of drug-likeness (QED) is 0.163. The number of hydrogen-bond donors (Lipinski definition) is 0. The molecule has 0 amide bonds. The highest BCUT2D eigenvalue weighted by molar-refractivity contribution is 6.23. The minimum absolute atomic E-state index is 0.198. The SMILES string of the molecule is CC1(C)c2ccc(-c3c4c(cc5c3oc3ccc6ccccc6c35)-c3ccccc3C4(C)C)cc2-c2ccc(-c3c4ccccc4c(-c4ccccc4)c4ccccc34)cc21. The van der Waals surface area contributed by atoms with Gasteiger partial charge in [-0.05, 0) is 129 Å². The molecule has 61 heavy (non-hydrogen) atoms. The Labute approximate surface area is 355 Å². The number of rotatable bonds is 3. The second kappa shape index (κ2) is 12.2. The first kappa shape index (κ1) is 34.6. The molecule has 0 radical (unpaired) electrons. The molecule has 2 aliphatic rings. The van der Waals surface area contributed by atoms with E-state index in [4.69, 9.17) is 4.42 Å². The lowest BCUT2D eigenvalue weighted by Crippen LogP contribution is -2.16. The summed E-state index contributed by atoms with van der Waals surface area (Å²) < 4.78 is 7.06. The van der Waals surface area contributed by atoms with E-state index in [0.29, 0.717) is 0 Å². The van der Waals surface area contributed by atoms with Crippen LogP contribution in [0.2, 0.25) is 0 Å². The van der Waals surface area contributed by atoms with Gasteiger partial charge in [-0.3, -0.25) is 0 Å². The van der Waals surface area contributed by atoms with Crippen molar-refractivity contribution in [2.45, 2.75) is 38.5 Å². The van der Waals surface area contributed by atoms with Crippen LogP contribution in [-0.2, 0) is 10.8 Å². The van der Waals surface area contributed by atoms with Crippen LogP contribution in [0.4, 0.5) is 0 Å². The highest BCUT2D eigenvalue weighted by Gasteiger charge is 2.41. The first-order valence-electron chi connectivity index (χ1n) is 21.6. The summed E-state index contributed by atoms with van der Waals surface area (Å²) in [7, 11) is 0. The minimum Gasteiger partial charge on any atom is -0.455 e. The first-order valence-corrected chi connectivity index (χ1v) is 21.6. The van der Waals surface area contributed by atoms with Gasteiger partial charge in [0.1, 0.15) is 11.2 Å². The van der Waals surface area contributed by atoms with Gasteiger partial charge in [-0.1, -0.05) is 185 Å². The third-order valence-electron chi connectivity index (χ3n) is 14.4. The summed E-state index contributed by atoms with van der Waals surface area (Å²) in [5.74, 6) is 0. The van der Waals surface area contributed by atoms with Crippen molar-refractivity contribution in [3.63, 3.8) is 0 Å². The summed E-state index contributed by atoms with van der Waals surface area (Å²) in [5, 5.41) is 9.93. The van der Waals surface area contributed by atoms with Crippen LogP contribution in [0.5, 0.6) is 0 Å². The molecule has 0 saturated heterocycles. The summed E-state index contributed by atoms with van der Waals surface area (Å²) in [6.45, 7) is 9.58. The minimum atomic E-state index is -0.219. The molecule has 288 valence electrons. The van der Waals surface area contributed by atoms with Crippen molar-refractivity contribution in [2.75, 3.05) is 0 Å². The van der Waals surface area contributed by atoms with Crippen LogP contribution in [0.1, 0.15) is 49.9 Å². The summed E-state index contributed by atoms with van der Waals surface area (Å²) in [5.41, 5.74) is 19.6. The lowest BCUT2D eigenvalue weighted by atomic mass is 9.77. The zero-order chi connectivity index (χ0) is 40.8. The van der Waals surface area contributed by atoms with Gasteiger partial charge >= 0.3 is 0 Å². The highest BCUT2D eigenvalue weighted by atomic mass is 16.3. The van der Waals surface area contributed by atoms with E-state index in [2.05, 4.69) is 210 Å². The second-order valence-electron chi connectivity index (χ2n) is 18.3. The molecular weight excluding hydrogens is 737 g/mol. The molecule has 11 aromatic rings. The van der Waals surface area contributed by atoms with E-state index in [1.54, 1.807) is 0 Å². The molecule has 1 heterocycles. The average molecular weight is 779 g/mol. The Morgan fingerprint density at radius 3 is 1.66 bits per heavy atom. The molecule has 0 N–H and O–H groups in total. The van der Waals surface area contributed by atoms with E-state index in [1.165, 1.54) is 121 Å². The second-order valence-corrected chi connectivity index (χ2v) is 18.3. The predicted molar refractivity (Wildman–Crippen MR) is 258 cm³/mol. The Morgan fingerprint density at radius 1 is 0.344 bits per heavy atom. The van der Waals surface area contributed by atoms with Crippen LogP contribution >= 0.6 is 0 Å². The first-order chi connectivity index (χ1) is 29.8. The molecule has 0 fully saturated rings. The van der Waals surface area contributed by atoms with Crippen molar-refractivity contribution in [3.05, 3.63) is 204 Å². The molecule has 0 saturated carbocycles. The van der Waals surface area contributed by atoms with Crippen LogP contribution < -0.4 is 0 Å². The molecule has 2 aliphatic carbocycles. The van der Waals surface area contributed by atoms with Crippen LogP contribution in [0, 0.1) is 0 Å². The van der Waals surface area contributed by atoms with E-state index in [-0.39, 0.29) is 10.8 Å². The van der Waals surface area contributed by atoms with E-state index >= 15 is 0 Å². The van der Waals surface area contributed by atoms with Gasteiger partial charge in [-0.15, -0.1) is 0 Å². The fraction of sp³-hybridized carbons (Fsp3) is 0.100. The van der Waals surface area contributed by atoms with E-state index in [0.717, 1.165) is 11.2 Å². The fourth-order valence-electron chi connectivity index (χ4n) is 11.6. The lowest BCUT2D eigenvalue weighted by Gasteiger charge is -2.25. The Bertz CT molecular complexity index is 3630. The molecule has 0 atom stereocenters. The van der Waals surface area contributed by atoms with Crippen molar-refractivity contribution in [3.8, 4) is 55.6 Å². The van der Waals surface area contributed by atoms with E-state index in [9.17, 15) is 0 Å². The maximum Gasteiger partial charge on any atom is 0.143 e. The number of benzene rings is 10. The van der Waals surface area contributed by atoms with Gasteiger partial charge in [0.15, 0.2) is 0 Å². The van der Waals surface area contributed by atoms with Crippen molar-refractivity contribution < 1.29 is 4.42 Å². The zero-order valence-electron chi connectivity index (χ0n) is 34.7. The Kier molecular flexibility index (Phi) is 6.91. The van der Waals surface area contributed by atoms with Gasteiger partial charge in [-0.2, -0.15) is 0 Å². The summed E-state index contributed by atoms with van der Waals surface area (Å²) >= 11 is 0. The van der Waals surface area contributed by atoms with Crippen molar-refractivity contribution in [1.82, 2.24) is 0 Å². The van der Waals surface area contributed by atoms with Crippen LogP contribution in [-0.4, -0.2) is 0 Å². The zero-order valence-corrected chi connectivity index (χ0v) is 34.7. The van der Waals surface area contributed by atoms with Gasteiger partial charge < -0.3 is 4.42 Å².